The Hall–Kier alpha value is -2.32. The third kappa shape index (κ3) is 26.9. The Balaban J connectivity index is -0.000000362. The Bertz CT molecular complexity index is 399. The molecule has 0 aliphatic heterocycles. The summed E-state index contributed by atoms with van der Waals surface area (Å²) < 4.78 is 4.41. The van der Waals surface area contributed by atoms with Gasteiger partial charge in [-0.15, -0.1) is 0 Å². The Kier molecular flexibility index (Phi) is 19.8. The van der Waals surface area contributed by atoms with Gasteiger partial charge in [0.05, 0.1) is 32.6 Å². The molecule has 0 aliphatic rings. The lowest BCUT2D eigenvalue weighted by molar-refractivity contribution is -0.150. The van der Waals surface area contributed by atoms with Crippen LogP contribution in [0.3, 0.4) is 0 Å². The minimum absolute atomic E-state index is 0.278. The molecule has 10 N–H and O–H groups in total. The van der Waals surface area contributed by atoms with Crippen molar-refractivity contribution < 1.29 is 54.6 Å². The van der Waals surface area contributed by atoms with Crippen molar-refractivity contribution in [3.63, 3.8) is 0 Å². The number of aliphatic hydroxyl groups is 3. The Morgan fingerprint density at radius 3 is 1.60 bits per heavy atom. The first kappa shape index (κ1) is 27.5. The molecule has 0 aromatic carbocycles. The first-order valence-corrected chi connectivity index (χ1v) is 6.69. The number of carbonyl (C=O) groups excluding carboxylic acids is 1. The topological polar surface area (TPSA) is 251 Å². The summed E-state index contributed by atoms with van der Waals surface area (Å²) in [5.41, 5.74) is 9.60. The summed E-state index contributed by atoms with van der Waals surface area (Å²) >= 11 is 0. The van der Waals surface area contributed by atoms with Gasteiger partial charge in [-0.1, -0.05) is 0 Å². The number of carboxylic acids is 3. The highest BCUT2D eigenvalue weighted by Gasteiger charge is 2.14. The van der Waals surface area contributed by atoms with Gasteiger partial charge in [0, 0.05) is 0 Å². The van der Waals surface area contributed by atoms with Crippen LogP contribution < -0.4 is 11.5 Å². The van der Waals surface area contributed by atoms with Crippen LogP contribution in [0.15, 0.2) is 0 Å². The molecule has 0 heterocycles. The predicted molar refractivity (Wildman–Crippen MR) is 80.3 cm³/mol. The number of rotatable bonds is 9. The average molecular weight is 372 g/mol. The molecule has 0 fully saturated rings. The quantitative estimate of drug-likeness (QED) is 0.181. The van der Waals surface area contributed by atoms with E-state index in [1.165, 1.54) is 0 Å². The first-order valence-electron chi connectivity index (χ1n) is 6.69. The molecular formula is C12H24N2O11. The van der Waals surface area contributed by atoms with E-state index in [4.69, 9.17) is 36.4 Å². The molecule has 148 valence electrons. The predicted octanol–water partition coefficient (Wildman–Crippen LogP) is -3.83. The highest BCUT2D eigenvalue weighted by molar-refractivity contribution is 5.77. The Morgan fingerprint density at radius 2 is 1.36 bits per heavy atom. The molecule has 0 aliphatic carbocycles. The Labute approximate surface area is 142 Å². The molecule has 13 heteroatoms. The molecule has 25 heavy (non-hydrogen) atoms. The van der Waals surface area contributed by atoms with Gasteiger partial charge in [0.2, 0.25) is 0 Å². The van der Waals surface area contributed by atoms with E-state index < -0.39 is 42.6 Å². The molecule has 0 aromatic heterocycles. The van der Waals surface area contributed by atoms with Crippen molar-refractivity contribution >= 4 is 23.9 Å². The fourth-order valence-electron chi connectivity index (χ4n) is 0.593. The summed E-state index contributed by atoms with van der Waals surface area (Å²) in [6, 6.07) is -1.27. The van der Waals surface area contributed by atoms with Crippen LogP contribution in [-0.2, 0) is 23.9 Å². The summed E-state index contributed by atoms with van der Waals surface area (Å²) in [6.07, 6.45) is -1.59. The van der Waals surface area contributed by atoms with Crippen LogP contribution in [0.2, 0.25) is 0 Å². The van der Waals surface area contributed by atoms with Crippen LogP contribution in [0, 0.1) is 0 Å². The lowest BCUT2D eigenvalue weighted by Gasteiger charge is -2.06. The number of hydrogen-bond donors (Lipinski definition) is 8. The number of hydrogen-bond acceptors (Lipinski definition) is 10. The summed E-state index contributed by atoms with van der Waals surface area (Å²) in [5, 5.41) is 48.1. The largest absolute Gasteiger partial charge is 0.481 e. The fourth-order valence-corrected chi connectivity index (χ4v) is 0.593. The van der Waals surface area contributed by atoms with E-state index in [-0.39, 0.29) is 32.6 Å². The molecule has 0 amide bonds. The van der Waals surface area contributed by atoms with Gasteiger partial charge in [-0.2, -0.15) is 0 Å². The molecule has 0 saturated carbocycles. The second-order valence-electron chi connectivity index (χ2n) is 4.14. The first-order chi connectivity index (χ1) is 11.5. The second kappa shape index (κ2) is 18.0. The number of esters is 1. The molecule has 0 radical (unpaired) electrons. The molecule has 0 aromatic rings. The molecular weight excluding hydrogens is 348 g/mol. The summed E-state index contributed by atoms with van der Waals surface area (Å²) in [7, 11) is 0. The van der Waals surface area contributed by atoms with Crippen LogP contribution in [0.25, 0.3) is 0 Å². The smallest absolute Gasteiger partial charge is 0.324 e. The third-order valence-corrected chi connectivity index (χ3v) is 1.88. The molecule has 0 spiro atoms. The van der Waals surface area contributed by atoms with E-state index in [1.807, 2.05) is 0 Å². The van der Waals surface area contributed by atoms with Crippen molar-refractivity contribution in [2.24, 2.45) is 11.5 Å². The van der Waals surface area contributed by atoms with Gasteiger partial charge in [0.1, 0.15) is 18.8 Å². The van der Waals surface area contributed by atoms with E-state index in [9.17, 15) is 19.2 Å². The van der Waals surface area contributed by atoms with Crippen LogP contribution in [0.4, 0.5) is 0 Å². The van der Waals surface area contributed by atoms with E-state index in [2.05, 4.69) is 10.5 Å². The highest BCUT2D eigenvalue weighted by atomic mass is 16.5. The minimum atomic E-state index is -1.28. The van der Waals surface area contributed by atoms with Gasteiger partial charge < -0.3 is 46.8 Å². The molecule has 0 saturated heterocycles. The zero-order valence-corrected chi connectivity index (χ0v) is 13.3. The number of ether oxygens (including phenoxy) is 1. The van der Waals surface area contributed by atoms with Crippen molar-refractivity contribution in [1.82, 2.24) is 0 Å². The Morgan fingerprint density at radius 1 is 0.920 bits per heavy atom. The van der Waals surface area contributed by atoms with Crippen molar-refractivity contribution in [2.45, 2.75) is 25.0 Å². The normalized spacial score (nSPS) is 10.5. The monoisotopic (exact) mass is 372 g/mol. The molecule has 1 unspecified atom stereocenters. The number of carbonyl (C=O) groups is 4. The lowest BCUT2D eigenvalue weighted by atomic mass is 10.3. The molecule has 0 rings (SSSR count). The maximum Gasteiger partial charge on any atom is 0.324 e. The third-order valence-electron chi connectivity index (χ3n) is 1.88. The maximum absolute atomic E-state index is 10.7. The maximum atomic E-state index is 10.7. The minimum Gasteiger partial charge on any atom is -0.481 e. The molecule has 13 nitrogen and oxygen atoms in total. The van der Waals surface area contributed by atoms with Crippen molar-refractivity contribution in [3.05, 3.63) is 0 Å². The number of aliphatic hydroxyl groups excluding tert-OH is 3. The lowest BCUT2D eigenvalue weighted by Crippen LogP contribution is -2.35. The van der Waals surface area contributed by atoms with Crippen LogP contribution in [0.5, 0.6) is 0 Å². The van der Waals surface area contributed by atoms with Gasteiger partial charge in [0.25, 0.3) is 0 Å². The summed E-state index contributed by atoms with van der Waals surface area (Å²) in [5.74, 6) is -4.14. The van der Waals surface area contributed by atoms with Gasteiger partial charge in [0.15, 0.2) is 0 Å². The number of carboxylic acid groups (broad SMARTS) is 3. The van der Waals surface area contributed by atoms with Gasteiger partial charge in [-0.05, 0) is 0 Å². The van der Waals surface area contributed by atoms with Gasteiger partial charge in [-0.25, -0.2) is 0 Å². The second-order valence-corrected chi connectivity index (χ2v) is 4.14. The van der Waals surface area contributed by atoms with Crippen LogP contribution >= 0.6 is 0 Å². The number of nitrogens with two attached hydrogens (primary N) is 2. The number of aliphatic carboxylic acids is 3. The molecule has 1 atom stereocenters. The zero-order valence-electron chi connectivity index (χ0n) is 13.3. The average Bonchev–Trinajstić information content (AvgIpc) is 2.57. The highest BCUT2D eigenvalue weighted by Crippen LogP contribution is 1.93. The standard InChI is InChI=1S/C7H11NO6.C3H8O3.C2H5NO2/c8-4(7(12)13)3-14-6(11)2-1-5(9)10;4-1-3(6)2-5;3-1-2(4)5/h4H,1-3,8H2,(H,9,10)(H,12,13);3-6H,1-2H2;1,3H2,(H,4,5). The van der Waals surface area contributed by atoms with E-state index in [0.717, 1.165) is 0 Å². The SMILES string of the molecule is NC(COC(=O)CCC(=O)O)C(=O)O.NCC(=O)O.OCC(O)CO. The van der Waals surface area contributed by atoms with Crippen molar-refractivity contribution in [1.29, 1.82) is 0 Å². The summed E-state index contributed by atoms with van der Waals surface area (Å²) in [4.78, 5) is 40.2. The van der Waals surface area contributed by atoms with Crippen molar-refractivity contribution in [3.8, 4) is 0 Å². The van der Waals surface area contributed by atoms with Crippen molar-refractivity contribution in [2.75, 3.05) is 26.4 Å². The molecule has 0 bridgehead atoms. The van der Waals surface area contributed by atoms with E-state index >= 15 is 0 Å². The van der Waals surface area contributed by atoms with Gasteiger partial charge in [-0.3, -0.25) is 19.2 Å². The fraction of sp³-hybridized carbons (Fsp3) is 0.667. The van der Waals surface area contributed by atoms with E-state index in [1.54, 1.807) is 0 Å². The summed E-state index contributed by atoms with van der Waals surface area (Å²) in [6.45, 7) is -1.46. The zero-order chi connectivity index (χ0) is 20.4. The van der Waals surface area contributed by atoms with Crippen LogP contribution in [-0.4, -0.2) is 93.0 Å². The van der Waals surface area contributed by atoms with Crippen LogP contribution in [0.1, 0.15) is 12.8 Å². The van der Waals surface area contributed by atoms with Gasteiger partial charge >= 0.3 is 23.9 Å². The van der Waals surface area contributed by atoms with E-state index in [0.29, 0.717) is 0 Å².